The van der Waals surface area contributed by atoms with Crippen LogP contribution in [0.2, 0.25) is 0 Å². The lowest BCUT2D eigenvalue weighted by Crippen LogP contribution is -2.30. The van der Waals surface area contributed by atoms with Gasteiger partial charge in [-0.3, -0.25) is 4.79 Å². The van der Waals surface area contributed by atoms with Gasteiger partial charge in [0.25, 0.3) is 0 Å². The van der Waals surface area contributed by atoms with Crippen LogP contribution in [0.15, 0.2) is 12.1 Å². The number of hydrogen-bond acceptors (Lipinski definition) is 1. The Bertz CT molecular complexity index is 320. The minimum absolute atomic E-state index is 0.0665. The van der Waals surface area contributed by atoms with Crippen LogP contribution in [0.3, 0.4) is 0 Å². The maximum atomic E-state index is 11.3. The first-order valence-corrected chi connectivity index (χ1v) is 5.43. The smallest absolute Gasteiger partial charge is 0.222 e. The van der Waals surface area contributed by atoms with Crippen molar-refractivity contribution in [1.82, 2.24) is 9.88 Å². The number of aromatic nitrogens is 1. The van der Waals surface area contributed by atoms with Crippen molar-refractivity contribution in [2.75, 3.05) is 6.54 Å². The van der Waals surface area contributed by atoms with Gasteiger partial charge in [0.2, 0.25) is 5.91 Å². The van der Waals surface area contributed by atoms with E-state index in [1.54, 1.807) is 0 Å². The Morgan fingerprint density at radius 1 is 1.33 bits per heavy atom. The van der Waals surface area contributed by atoms with E-state index < -0.39 is 0 Å². The van der Waals surface area contributed by atoms with Crippen LogP contribution in [0, 0.1) is 19.8 Å². The molecule has 0 radical (unpaired) electrons. The highest BCUT2D eigenvalue weighted by molar-refractivity contribution is 5.77. The molecule has 0 aliphatic carbocycles. The fraction of sp³-hybridized carbons (Fsp3) is 0.583. The largest absolute Gasteiger partial charge is 0.354 e. The Morgan fingerprint density at radius 2 is 1.87 bits per heavy atom. The predicted octanol–water partition coefficient (Wildman–Crippen LogP) is 1.88. The zero-order chi connectivity index (χ0) is 11.4. The Labute approximate surface area is 91.5 Å². The van der Waals surface area contributed by atoms with Crippen molar-refractivity contribution in [3.8, 4) is 0 Å². The number of carbonyl (C=O) groups is 1. The first-order chi connectivity index (χ1) is 7.02. The van der Waals surface area contributed by atoms with E-state index in [1.165, 1.54) is 11.4 Å². The first-order valence-electron chi connectivity index (χ1n) is 5.43. The first kappa shape index (κ1) is 11.8. The lowest BCUT2D eigenvalue weighted by molar-refractivity contribution is -0.124. The van der Waals surface area contributed by atoms with Crippen molar-refractivity contribution in [3.05, 3.63) is 23.5 Å². The fourth-order valence-corrected chi connectivity index (χ4v) is 1.55. The van der Waals surface area contributed by atoms with Crippen molar-refractivity contribution in [1.29, 1.82) is 0 Å². The lowest BCUT2D eigenvalue weighted by Gasteiger charge is -2.11. The molecule has 0 aliphatic rings. The second-order valence-electron chi connectivity index (χ2n) is 4.21. The molecule has 0 saturated heterocycles. The number of aryl methyl sites for hydroxylation is 2. The summed E-state index contributed by atoms with van der Waals surface area (Å²) in [5, 5.41) is 2.92. The molecular weight excluding hydrogens is 188 g/mol. The molecule has 0 bridgehead atoms. The van der Waals surface area contributed by atoms with E-state index >= 15 is 0 Å². The van der Waals surface area contributed by atoms with Gasteiger partial charge in [0.1, 0.15) is 0 Å². The molecule has 1 heterocycles. The van der Waals surface area contributed by atoms with Crippen LogP contribution in [0.25, 0.3) is 0 Å². The quantitative estimate of drug-likeness (QED) is 0.805. The SMILES string of the molecule is Cc1ccc(C)n1CCNC(=O)C(C)C. The number of nitrogens with zero attached hydrogens (tertiary/aromatic N) is 1. The second kappa shape index (κ2) is 5.01. The zero-order valence-corrected chi connectivity index (χ0v) is 10.0. The summed E-state index contributed by atoms with van der Waals surface area (Å²) in [6.45, 7) is 9.52. The van der Waals surface area contributed by atoms with Crippen LogP contribution in [0.1, 0.15) is 25.2 Å². The molecule has 1 rings (SSSR count). The number of carbonyl (C=O) groups excluding carboxylic acids is 1. The molecule has 0 unspecified atom stereocenters. The Balaban J connectivity index is 2.41. The third-order valence-electron chi connectivity index (χ3n) is 2.58. The molecule has 0 aliphatic heterocycles. The van der Waals surface area contributed by atoms with Crippen LogP contribution in [0.4, 0.5) is 0 Å². The standard InChI is InChI=1S/C12H20N2O/c1-9(2)12(15)13-7-8-14-10(3)5-6-11(14)4/h5-6,9H,7-8H2,1-4H3,(H,13,15). The minimum Gasteiger partial charge on any atom is -0.354 e. The molecule has 15 heavy (non-hydrogen) atoms. The van der Waals surface area contributed by atoms with Crippen molar-refractivity contribution in [2.45, 2.75) is 34.2 Å². The summed E-state index contributed by atoms with van der Waals surface area (Å²) in [5.41, 5.74) is 2.48. The van der Waals surface area contributed by atoms with Gasteiger partial charge in [0.15, 0.2) is 0 Å². The van der Waals surface area contributed by atoms with Gasteiger partial charge in [-0.1, -0.05) is 13.8 Å². The minimum atomic E-state index is 0.0665. The number of hydrogen-bond donors (Lipinski definition) is 1. The van der Waals surface area contributed by atoms with E-state index in [-0.39, 0.29) is 11.8 Å². The van der Waals surface area contributed by atoms with Crippen molar-refractivity contribution in [3.63, 3.8) is 0 Å². The Hall–Kier alpha value is -1.25. The van der Waals surface area contributed by atoms with Gasteiger partial charge in [0.05, 0.1) is 0 Å². The van der Waals surface area contributed by atoms with Gasteiger partial charge in [-0.25, -0.2) is 0 Å². The van der Waals surface area contributed by atoms with E-state index in [4.69, 9.17) is 0 Å². The van der Waals surface area contributed by atoms with Gasteiger partial charge in [0, 0.05) is 30.4 Å². The molecule has 0 aromatic carbocycles. The summed E-state index contributed by atoms with van der Waals surface area (Å²) in [6, 6.07) is 4.19. The topological polar surface area (TPSA) is 34.0 Å². The third-order valence-corrected chi connectivity index (χ3v) is 2.58. The molecule has 0 spiro atoms. The summed E-state index contributed by atoms with van der Waals surface area (Å²) in [5.74, 6) is 0.189. The van der Waals surface area contributed by atoms with Crippen LogP contribution in [-0.4, -0.2) is 17.0 Å². The van der Waals surface area contributed by atoms with Crippen LogP contribution in [0.5, 0.6) is 0 Å². The van der Waals surface area contributed by atoms with Gasteiger partial charge < -0.3 is 9.88 Å². The molecule has 84 valence electrons. The summed E-state index contributed by atoms with van der Waals surface area (Å²) in [4.78, 5) is 11.3. The number of nitrogens with one attached hydrogen (secondary N) is 1. The van der Waals surface area contributed by atoms with Crippen molar-refractivity contribution >= 4 is 5.91 Å². The van der Waals surface area contributed by atoms with Gasteiger partial charge in [-0.2, -0.15) is 0 Å². The highest BCUT2D eigenvalue weighted by Crippen LogP contribution is 2.05. The van der Waals surface area contributed by atoms with Crippen LogP contribution >= 0.6 is 0 Å². The molecule has 3 heteroatoms. The number of rotatable bonds is 4. The molecule has 1 N–H and O–H groups in total. The third kappa shape index (κ3) is 3.11. The average Bonchev–Trinajstić information content (AvgIpc) is 2.48. The summed E-state index contributed by atoms with van der Waals surface area (Å²) in [6.07, 6.45) is 0. The maximum absolute atomic E-state index is 11.3. The monoisotopic (exact) mass is 208 g/mol. The lowest BCUT2D eigenvalue weighted by atomic mass is 10.2. The fourth-order valence-electron chi connectivity index (χ4n) is 1.55. The van der Waals surface area contributed by atoms with Gasteiger partial charge >= 0.3 is 0 Å². The molecule has 1 amide bonds. The second-order valence-corrected chi connectivity index (χ2v) is 4.21. The maximum Gasteiger partial charge on any atom is 0.222 e. The van der Waals surface area contributed by atoms with E-state index in [9.17, 15) is 4.79 Å². The Morgan fingerprint density at radius 3 is 2.33 bits per heavy atom. The van der Waals surface area contributed by atoms with E-state index in [0.717, 1.165) is 6.54 Å². The predicted molar refractivity (Wildman–Crippen MR) is 61.8 cm³/mol. The van der Waals surface area contributed by atoms with E-state index in [1.807, 2.05) is 13.8 Å². The number of amides is 1. The summed E-state index contributed by atoms with van der Waals surface area (Å²) >= 11 is 0. The summed E-state index contributed by atoms with van der Waals surface area (Å²) in [7, 11) is 0. The van der Waals surface area contributed by atoms with Crippen LogP contribution in [-0.2, 0) is 11.3 Å². The molecule has 1 aromatic heterocycles. The normalized spacial score (nSPS) is 10.7. The van der Waals surface area contributed by atoms with Gasteiger partial charge in [-0.05, 0) is 26.0 Å². The van der Waals surface area contributed by atoms with Crippen molar-refractivity contribution in [2.24, 2.45) is 5.92 Å². The molecule has 0 atom stereocenters. The Kier molecular flexibility index (Phi) is 3.95. The highest BCUT2D eigenvalue weighted by Gasteiger charge is 2.06. The van der Waals surface area contributed by atoms with Crippen LogP contribution < -0.4 is 5.32 Å². The average molecular weight is 208 g/mol. The van der Waals surface area contributed by atoms with Gasteiger partial charge in [-0.15, -0.1) is 0 Å². The zero-order valence-electron chi connectivity index (χ0n) is 10.0. The molecule has 3 nitrogen and oxygen atoms in total. The van der Waals surface area contributed by atoms with E-state index in [0.29, 0.717) is 6.54 Å². The summed E-state index contributed by atoms with van der Waals surface area (Å²) < 4.78 is 2.21. The molecule has 0 fully saturated rings. The van der Waals surface area contributed by atoms with E-state index in [2.05, 4.69) is 35.9 Å². The molecule has 0 saturated carbocycles. The molecular formula is C12H20N2O. The van der Waals surface area contributed by atoms with Crippen molar-refractivity contribution < 1.29 is 4.79 Å². The highest BCUT2D eigenvalue weighted by atomic mass is 16.1. The molecule has 1 aromatic rings.